The van der Waals surface area contributed by atoms with Gasteiger partial charge in [0.15, 0.2) is 0 Å². The Morgan fingerprint density at radius 2 is 1.88 bits per heavy atom. The fourth-order valence-electron chi connectivity index (χ4n) is 3.08. The van der Waals surface area contributed by atoms with Crippen LogP contribution in [0.2, 0.25) is 5.02 Å². The smallest absolute Gasteiger partial charge is 0.307 e. The van der Waals surface area contributed by atoms with Crippen LogP contribution in [0.5, 0.6) is 0 Å². The SMILES string of the molecule is Cn1cnc(-c2ccc([C@@H]3CC3C(=O)O)cc2)c1Sc1ccc(Cl)cc1. The first kappa shape index (κ1) is 17.2. The first-order valence-corrected chi connectivity index (χ1v) is 9.50. The molecule has 6 heteroatoms. The summed E-state index contributed by atoms with van der Waals surface area (Å²) in [5.74, 6) is -0.787. The molecule has 0 spiro atoms. The minimum absolute atomic E-state index is 0.146. The Hall–Kier alpha value is -2.24. The quantitative estimate of drug-likeness (QED) is 0.666. The van der Waals surface area contributed by atoms with E-state index in [0.29, 0.717) is 0 Å². The first-order chi connectivity index (χ1) is 12.5. The summed E-state index contributed by atoms with van der Waals surface area (Å²) in [6.45, 7) is 0. The van der Waals surface area contributed by atoms with E-state index >= 15 is 0 Å². The number of hydrogen-bond acceptors (Lipinski definition) is 3. The van der Waals surface area contributed by atoms with Gasteiger partial charge in [-0.15, -0.1) is 0 Å². The highest BCUT2D eigenvalue weighted by Gasteiger charge is 2.44. The number of benzene rings is 2. The molecule has 1 unspecified atom stereocenters. The standard InChI is InChI=1S/C20H17ClN2O2S/c1-23-11-22-18(19(23)26-15-8-6-14(21)7-9-15)13-4-2-12(3-5-13)16-10-17(16)20(24)25/h2-9,11,16-17H,10H2,1H3,(H,24,25)/t16-,17?/m0/s1. The van der Waals surface area contributed by atoms with Gasteiger partial charge in [0.05, 0.1) is 12.2 Å². The molecule has 2 aromatic carbocycles. The molecule has 1 saturated carbocycles. The van der Waals surface area contributed by atoms with Crippen molar-refractivity contribution in [3.8, 4) is 11.3 Å². The van der Waals surface area contributed by atoms with Crippen molar-refractivity contribution in [1.29, 1.82) is 0 Å². The van der Waals surface area contributed by atoms with E-state index in [2.05, 4.69) is 4.98 Å². The molecule has 4 rings (SSSR count). The van der Waals surface area contributed by atoms with Crippen LogP contribution in [0.1, 0.15) is 17.9 Å². The summed E-state index contributed by atoms with van der Waals surface area (Å²) in [6.07, 6.45) is 2.54. The molecular formula is C20H17ClN2O2S. The summed E-state index contributed by atoms with van der Waals surface area (Å²) in [5.41, 5.74) is 3.03. The van der Waals surface area contributed by atoms with Gasteiger partial charge in [-0.25, -0.2) is 4.98 Å². The molecule has 1 heterocycles. The van der Waals surface area contributed by atoms with Gasteiger partial charge in [-0.2, -0.15) is 0 Å². The molecule has 26 heavy (non-hydrogen) atoms. The van der Waals surface area contributed by atoms with E-state index in [1.807, 2.05) is 66.5 Å². The zero-order chi connectivity index (χ0) is 18.3. The number of imidazole rings is 1. The number of nitrogens with zero attached hydrogens (tertiary/aromatic N) is 2. The zero-order valence-electron chi connectivity index (χ0n) is 14.1. The maximum Gasteiger partial charge on any atom is 0.307 e. The number of rotatable bonds is 5. The monoisotopic (exact) mass is 384 g/mol. The predicted molar refractivity (Wildman–Crippen MR) is 103 cm³/mol. The first-order valence-electron chi connectivity index (χ1n) is 8.31. The lowest BCUT2D eigenvalue weighted by molar-refractivity contribution is -0.138. The van der Waals surface area contributed by atoms with Crippen LogP contribution in [-0.2, 0) is 11.8 Å². The van der Waals surface area contributed by atoms with Crippen molar-refractivity contribution in [3.63, 3.8) is 0 Å². The van der Waals surface area contributed by atoms with Gasteiger partial charge in [0.1, 0.15) is 10.7 Å². The van der Waals surface area contributed by atoms with Crippen molar-refractivity contribution in [2.45, 2.75) is 22.3 Å². The van der Waals surface area contributed by atoms with Crippen molar-refractivity contribution in [1.82, 2.24) is 9.55 Å². The van der Waals surface area contributed by atoms with Crippen LogP contribution in [0.4, 0.5) is 0 Å². The van der Waals surface area contributed by atoms with Crippen LogP contribution < -0.4 is 0 Å². The summed E-state index contributed by atoms with van der Waals surface area (Å²) >= 11 is 7.61. The number of carbonyl (C=O) groups is 1. The normalized spacial score (nSPS) is 18.7. The lowest BCUT2D eigenvalue weighted by Crippen LogP contribution is -1.98. The Labute approximate surface area is 160 Å². The summed E-state index contributed by atoms with van der Waals surface area (Å²) in [6, 6.07) is 15.8. The number of aryl methyl sites for hydroxylation is 1. The molecule has 0 radical (unpaired) electrons. The van der Waals surface area contributed by atoms with Crippen LogP contribution in [0.3, 0.4) is 0 Å². The van der Waals surface area contributed by atoms with E-state index in [-0.39, 0.29) is 11.8 Å². The predicted octanol–water partition coefficient (Wildman–Crippen LogP) is 5.08. The minimum atomic E-state index is -0.703. The van der Waals surface area contributed by atoms with Crippen molar-refractivity contribution in [3.05, 3.63) is 65.4 Å². The van der Waals surface area contributed by atoms with E-state index in [0.717, 1.165) is 38.2 Å². The van der Waals surface area contributed by atoms with E-state index in [1.165, 1.54) is 0 Å². The third-order valence-electron chi connectivity index (χ3n) is 4.63. The van der Waals surface area contributed by atoms with Crippen molar-refractivity contribution < 1.29 is 9.90 Å². The topological polar surface area (TPSA) is 55.1 Å². The highest BCUT2D eigenvalue weighted by atomic mass is 35.5. The Kier molecular flexibility index (Phi) is 4.51. The molecule has 1 aromatic heterocycles. The molecule has 1 aliphatic rings. The van der Waals surface area contributed by atoms with Crippen LogP contribution in [0.15, 0.2) is 64.8 Å². The van der Waals surface area contributed by atoms with Gasteiger partial charge in [-0.05, 0) is 42.2 Å². The number of aliphatic carboxylic acids is 1. The van der Waals surface area contributed by atoms with E-state index in [1.54, 1.807) is 11.8 Å². The number of halogens is 1. The maximum absolute atomic E-state index is 11.1. The summed E-state index contributed by atoms with van der Waals surface area (Å²) in [7, 11) is 1.98. The molecular weight excluding hydrogens is 368 g/mol. The molecule has 0 saturated heterocycles. The van der Waals surface area contributed by atoms with Crippen LogP contribution in [0, 0.1) is 5.92 Å². The molecule has 0 amide bonds. The van der Waals surface area contributed by atoms with Crippen LogP contribution >= 0.6 is 23.4 Å². The molecule has 0 aliphatic heterocycles. The van der Waals surface area contributed by atoms with Gasteiger partial charge in [-0.3, -0.25) is 4.79 Å². The average molecular weight is 385 g/mol. The van der Waals surface area contributed by atoms with Gasteiger partial charge >= 0.3 is 5.97 Å². The Bertz CT molecular complexity index is 951. The zero-order valence-corrected chi connectivity index (χ0v) is 15.7. The lowest BCUT2D eigenvalue weighted by atomic mass is 10.1. The largest absolute Gasteiger partial charge is 0.481 e. The number of aromatic nitrogens is 2. The Morgan fingerprint density at radius 3 is 2.50 bits per heavy atom. The average Bonchev–Trinajstić information content (AvgIpc) is 3.37. The maximum atomic E-state index is 11.1. The van der Waals surface area contributed by atoms with Gasteiger partial charge in [0.25, 0.3) is 0 Å². The van der Waals surface area contributed by atoms with Gasteiger partial charge in [0, 0.05) is 22.5 Å². The highest BCUT2D eigenvalue weighted by molar-refractivity contribution is 7.99. The molecule has 3 aromatic rings. The number of carboxylic acid groups (broad SMARTS) is 1. The second-order valence-electron chi connectivity index (χ2n) is 6.47. The number of hydrogen-bond donors (Lipinski definition) is 1. The van der Waals surface area contributed by atoms with E-state index < -0.39 is 5.97 Å². The Morgan fingerprint density at radius 1 is 1.19 bits per heavy atom. The van der Waals surface area contributed by atoms with Crippen LogP contribution in [0.25, 0.3) is 11.3 Å². The molecule has 1 fully saturated rings. The minimum Gasteiger partial charge on any atom is -0.481 e. The fraction of sp³-hybridized carbons (Fsp3) is 0.200. The van der Waals surface area contributed by atoms with E-state index in [4.69, 9.17) is 16.7 Å². The highest BCUT2D eigenvalue weighted by Crippen LogP contribution is 2.48. The molecule has 1 N–H and O–H groups in total. The molecule has 2 atom stereocenters. The van der Waals surface area contributed by atoms with Crippen molar-refractivity contribution >= 4 is 29.3 Å². The second-order valence-corrected chi connectivity index (χ2v) is 7.97. The molecule has 1 aliphatic carbocycles. The van der Waals surface area contributed by atoms with Gasteiger partial charge < -0.3 is 9.67 Å². The molecule has 0 bridgehead atoms. The summed E-state index contributed by atoms with van der Waals surface area (Å²) in [4.78, 5) is 16.7. The Balaban J connectivity index is 1.58. The fourth-order valence-corrected chi connectivity index (χ4v) is 4.16. The third-order valence-corrected chi connectivity index (χ3v) is 6.07. The van der Waals surface area contributed by atoms with Gasteiger partial charge in [-0.1, -0.05) is 47.6 Å². The number of carboxylic acids is 1. The van der Waals surface area contributed by atoms with E-state index in [9.17, 15) is 4.79 Å². The molecule has 132 valence electrons. The lowest BCUT2D eigenvalue weighted by Gasteiger charge is -2.07. The summed E-state index contributed by atoms with van der Waals surface area (Å²) in [5, 5.41) is 10.9. The van der Waals surface area contributed by atoms with Crippen molar-refractivity contribution in [2.24, 2.45) is 13.0 Å². The van der Waals surface area contributed by atoms with Crippen molar-refractivity contribution in [2.75, 3.05) is 0 Å². The summed E-state index contributed by atoms with van der Waals surface area (Å²) < 4.78 is 2.00. The molecule has 4 nitrogen and oxygen atoms in total. The van der Waals surface area contributed by atoms with Crippen LogP contribution in [-0.4, -0.2) is 20.6 Å². The third kappa shape index (κ3) is 3.37. The van der Waals surface area contributed by atoms with Gasteiger partial charge in [0.2, 0.25) is 0 Å². The second kappa shape index (κ2) is 6.82.